The fourth-order valence-electron chi connectivity index (χ4n) is 3.81. The Morgan fingerprint density at radius 2 is 1.91 bits per heavy atom. The quantitative estimate of drug-likeness (QED) is 0.469. The van der Waals surface area contributed by atoms with Gasteiger partial charge in [0.25, 0.3) is 5.91 Å². The summed E-state index contributed by atoms with van der Waals surface area (Å²) in [6.45, 7) is 5.84. The van der Waals surface area contributed by atoms with Crippen molar-refractivity contribution in [2.24, 2.45) is 0 Å². The zero-order chi connectivity index (χ0) is 22.3. The minimum absolute atomic E-state index is 0.213. The van der Waals surface area contributed by atoms with E-state index in [-0.39, 0.29) is 5.91 Å². The first-order valence-corrected chi connectivity index (χ1v) is 10.3. The highest BCUT2D eigenvalue weighted by Crippen LogP contribution is 2.42. The van der Waals surface area contributed by atoms with E-state index in [1.165, 1.54) is 6.33 Å². The van der Waals surface area contributed by atoms with Gasteiger partial charge in [0.15, 0.2) is 11.4 Å². The molecule has 5 rings (SSSR count). The Labute approximate surface area is 185 Å². The van der Waals surface area contributed by atoms with Gasteiger partial charge in [0.05, 0.1) is 22.3 Å². The second-order valence-electron chi connectivity index (χ2n) is 8.16. The van der Waals surface area contributed by atoms with Crippen LogP contribution in [-0.2, 0) is 11.4 Å². The third-order valence-corrected chi connectivity index (χ3v) is 5.42. The lowest BCUT2D eigenvalue weighted by Gasteiger charge is -2.29. The zero-order valence-electron chi connectivity index (χ0n) is 18.1. The third kappa shape index (κ3) is 3.41. The van der Waals surface area contributed by atoms with E-state index >= 15 is 0 Å². The number of benzene rings is 2. The molecule has 0 N–H and O–H groups in total. The van der Waals surface area contributed by atoms with E-state index in [0.29, 0.717) is 29.2 Å². The summed E-state index contributed by atoms with van der Waals surface area (Å²) >= 11 is 0. The molecule has 7 nitrogen and oxygen atoms in total. The van der Waals surface area contributed by atoms with Crippen LogP contribution in [0, 0.1) is 6.92 Å². The number of aryl methyl sites for hydroxylation is 1. The normalized spacial score (nSPS) is 14.7. The van der Waals surface area contributed by atoms with Crippen molar-refractivity contribution in [1.29, 1.82) is 0 Å². The summed E-state index contributed by atoms with van der Waals surface area (Å²) in [6, 6.07) is 16.9. The van der Waals surface area contributed by atoms with Crippen LogP contribution < -0.4 is 14.4 Å². The van der Waals surface area contributed by atoms with E-state index in [0.717, 1.165) is 22.5 Å². The number of aromatic nitrogens is 3. The average molecular weight is 426 g/mol. The number of anilines is 2. The number of carbonyl (C=O) groups excluding carboxylic acids is 1. The van der Waals surface area contributed by atoms with Crippen molar-refractivity contribution in [2.45, 2.75) is 33.0 Å². The molecule has 0 atom stereocenters. The van der Waals surface area contributed by atoms with E-state index in [9.17, 15) is 4.79 Å². The van der Waals surface area contributed by atoms with Crippen molar-refractivity contribution in [1.82, 2.24) is 15.0 Å². The molecule has 1 amide bonds. The fraction of sp³-hybridized carbons (Fsp3) is 0.200. The fourth-order valence-corrected chi connectivity index (χ4v) is 3.81. The number of nitrogens with zero attached hydrogens (tertiary/aromatic N) is 4. The molecule has 0 unspecified atom stereocenters. The number of hydrogen-bond acceptors (Lipinski definition) is 6. The molecule has 0 radical (unpaired) electrons. The van der Waals surface area contributed by atoms with Gasteiger partial charge in [-0.15, -0.1) is 0 Å². The highest BCUT2D eigenvalue weighted by atomic mass is 16.5. The molecule has 2 aromatic heterocycles. The molecule has 1 aliphatic heterocycles. The van der Waals surface area contributed by atoms with E-state index in [1.807, 2.05) is 61.5 Å². The highest BCUT2D eigenvalue weighted by Gasteiger charge is 2.40. The van der Waals surface area contributed by atoms with Gasteiger partial charge in [0.1, 0.15) is 24.4 Å². The largest absolute Gasteiger partial charge is 0.487 e. The maximum Gasteiger partial charge on any atom is 0.276 e. The van der Waals surface area contributed by atoms with Gasteiger partial charge in [-0.3, -0.25) is 14.7 Å². The van der Waals surface area contributed by atoms with Gasteiger partial charge >= 0.3 is 0 Å². The molecule has 2 aromatic carbocycles. The van der Waals surface area contributed by atoms with E-state index < -0.39 is 5.60 Å². The van der Waals surface area contributed by atoms with Crippen LogP contribution >= 0.6 is 0 Å². The van der Waals surface area contributed by atoms with Crippen LogP contribution in [0.25, 0.3) is 10.9 Å². The molecule has 0 aliphatic carbocycles. The summed E-state index contributed by atoms with van der Waals surface area (Å²) in [4.78, 5) is 28.3. The van der Waals surface area contributed by atoms with Gasteiger partial charge in [-0.25, -0.2) is 9.97 Å². The number of hydrogen-bond donors (Lipinski definition) is 0. The van der Waals surface area contributed by atoms with E-state index in [2.05, 4.69) is 15.0 Å². The van der Waals surface area contributed by atoms with Crippen molar-refractivity contribution in [3.05, 3.63) is 78.4 Å². The molecule has 7 heteroatoms. The van der Waals surface area contributed by atoms with Gasteiger partial charge in [-0.05, 0) is 68.8 Å². The first-order valence-electron chi connectivity index (χ1n) is 10.3. The first-order chi connectivity index (χ1) is 15.4. The number of carbonyl (C=O) groups is 1. The van der Waals surface area contributed by atoms with E-state index in [4.69, 9.17) is 9.47 Å². The van der Waals surface area contributed by atoms with Crippen LogP contribution in [0.2, 0.25) is 0 Å². The molecule has 0 saturated carbocycles. The van der Waals surface area contributed by atoms with Crippen molar-refractivity contribution in [3.63, 3.8) is 0 Å². The van der Waals surface area contributed by atoms with Crippen LogP contribution in [0.1, 0.15) is 25.1 Å². The average Bonchev–Trinajstić information content (AvgIpc) is 2.87. The molecular formula is C25H22N4O3. The van der Waals surface area contributed by atoms with Gasteiger partial charge in [0, 0.05) is 6.20 Å². The maximum atomic E-state index is 13.6. The lowest BCUT2D eigenvalue weighted by Crippen LogP contribution is -2.46. The Morgan fingerprint density at radius 1 is 1.03 bits per heavy atom. The molecule has 0 saturated heterocycles. The molecule has 160 valence electrons. The highest BCUT2D eigenvalue weighted by molar-refractivity contribution is 6.12. The third-order valence-electron chi connectivity index (χ3n) is 5.42. The zero-order valence-corrected chi connectivity index (χ0v) is 18.1. The van der Waals surface area contributed by atoms with Crippen LogP contribution in [0.15, 0.2) is 67.1 Å². The van der Waals surface area contributed by atoms with Gasteiger partial charge < -0.3 is 9.47 Å². The lowest BCUT2D eigenvalue weighted by molar-refractivity contribution is -0.130. The van der Waals surface area contributed by atoms with Crippen LogP contribution in [0.3, 0.4) is 0 Å². The van der Waals surface area contributed by atoms with Crippen LogP contribution in [0.5, 0.6) is 11.5 Å². The summed E-state index contributed by atoms with van der Waals surface area (Å²) in [5.74, 6) is 1.61. The lowest BCUT2D eigenvalue weighted by atomic mass is 10.1. The molecule has 4 aromatic rings. The summed E-state index contributed by atoms with van der Waals surface area (Å²) in [5, 5.41) is 0.710. The summed E-state index contributed by atoms with van der Waals surface area (Å²) < 4.78 is 12.1. The van der Waals surface area contributed by atoms with Crippen molar-refractivity contribution in [2.75, 3.05) is 4.90 Å². The monoisotopic (exact) mass is 426 g/mol. The SMILES string of the molecule is Cc1cc(N2C(=O)C(C)(C)Oc3cccc4ncnc2c34)ccc1OCc1ccccn1. The Balaban J connectivity index is 1.56. The maximum absolute atomic E-state index is 13.6. The molecular weight excluding hydrogens is 404 g/mol. The predicted octanol–water partition coefficient (Wildman–Crippen LogP) is 4.75. The van der Waals surface area contributed by atoms with Crippen molar-refractivity contribution >= 4 is 28.3 Å². The minimum Gasteiger partial charge on any atom is -0.487 e. The summed E-state index contributed by atoms with van der Waals surface area (Å²) in [5.41, 5.74) is 2.06. The van der Waals surface area contributed by atoms with Crippen molar-refractivity contribution < 1.29 is 14.3 Å². The number of rotatable bonds is 4. The standard InChI is InChI=1S/C25H22N4O3/c1-16-13-18(10-11-20(16)31-14-17-7-4-5-12-26-17)29-23-22-19(27-15-28-23)8-6-9-21(22)32-25(2,3)24(29)30/h4-13,15H,14H2,1-3H3. The first kappa shape index (κ1) is 19.9. The Morgan fingerprint density at radius 3 is 2.69 bits per heavy atom. The van der Waals surface area contributed by atoms with Gasteiger partial charge in [0.2, 0.25) is 0 Å². The Bertz CT molecular complexity index is 1320. The second-order valence-corrected chi connectivity index (χ2v) is 8.16. The van der Waals surface area contributed by atoms with Crippen LogP contribution in [0.4, 0.5) is 11.5 Å². The molecule has 3 heterocycles. The second kappa shape index (κ2) is 7.60. The van der Waals surface area contributed by atoms with Gasteiger partial charge in [-0.1, -0.05) is 12.1 Å². The van der Waals surface area contributed by atoms with Gasteiger partial charge in [-0.2, -0.15) is 0 Å². The molecule has 0 fully saturated rings. The number of ether oxygens (including phenoxy) is 2. The predicted molar refractivity (Wildman–Crippen MR) is 121 cm³/mol. The molecule has 0 bridgehead atoms. The van der Waals surface area contributed by atoms with Crippen LogP contribution in [-0.4, -0.2) is 26.5 Å². The van der Waals surface area contributed by atoms with Crippen molar-refractivity contribution in [3.8, 4) is 11.5 Å². The smallest absolute Gasteiger partial charge is 0.276 e. The summed E-state index contributed by atoms with van der Waals surface area (Å²) in [7, 11) is 0. The number of pyridine rings is 1. The molecule has 0 spiro atoms. The number of amides is 1. The Hall–Kier alpha value is -4.00. The topological polar surface area (TPSA) is 77.4 Å². The van der Waals surface area contributed by atoms with E-state index in [1.54, 1.807) is 24.9 Å². The minimum atomic E-state index is -1.09. The molecule has 1 aliphatic rings. The molecule has 32 heavy (non-hydrogen) atoms. The Kier molecular flexibility index (Phi) is 4.74. The summed E-state index contributed by atoms with van der Waals surface area (Å²) in [6.07, 6.45) is 3.21.